The summed E-state index contributed by atoms with van der Waals surface area (Å²) in [6.07, 6.45) is 3.44. The van der Waals surface area contributed by atoms with Crippen LogP contribution in [-0.4, -0.2) is 9.97 Å². The van der Waals surface area contributed by atoms with Crippen LogP contribution in [0.1, 0.15) is 0 Å². The Morgan fingerprint density at radius 3 is 2.33 bits per heavy atom. The minimum Gasteiger partial charge on any atom is -0.423 e. The van der Waals surface area contributed by atoms with E-state index in [2.05, 4.69) is 55.1 Å². The van der Waals surface area contributed by atoms with Gasteiger partial charge in [-0.25, -0.2) is 9.97 Å². The fourth-order valence-electron chi connectivity index (χ4n) is 0.979. The molecule has 5 heteroatoms. The van der Waals surface area contributed by atoms with Gasteiger partial charge in [-0.05, 0) is 57.3 Å². The van der Waals surface area contributed by atoms with E-state index < -0.39 is 0 Å². The molecule has 2 aromatic rings. The highest BCUT2D eigenvalue weighted by molar-refractivity contribution is 14.1. The predicted molar refractivity (Wildman–Crippen MR) is 74.0 cm³/mol. The van der Waals surface area contributed by atoms with E-state index in [9.17, 15) is 0 Å². The molecule has 0 N–H and O–H groups in total. The molecule has 0 saturated heterocycles. The summed E-state index contributed by atoms with van der Waals surface area (Å²) in [5.41, 5.74) is 0. The molecule has 0 atom stereocenters. The first kappa shape index (κ1) is 11.1. The highest BCUT2D eigenvalue weighted by Gasteiger charge is 2.02. The number of rotatable bonds is 2. The van der Waals surface area contributed by atoms with Crippen molar-refractivity contribution in [1.29, 1.82) is 0 Å². The van der Waals surface area contributed by atoms with Crippen LogP contribution >= 0.6 is 45.2 Å². The summed E-state index contributed by atoms with van der Waals surface area (Å²) in [6, 6.07) is 8.12. The van der Waals surface area contributed by atoms with Crippen LogP contribution in [0.15, 0.2) is 36.7 Å². The molecule has 2 rings (SSSR count). The van der Waals surface area contributed by atoms with Crippen molar-refractivity contribution in [2.45, 2.75) is 0 Å². The maximum absolute atomic E-state index is 5.53. The van der Waals surface area contributed by atoms with Crippen LogP contribution in [0.4, 0.5) is 0 Å². The molecule has 76 valence electrons. The number of ether oxygens (including phenoxy) is 1. The second-order valence-electron chi connectivity index (χ2n) is 2.72. The second-order valence-corrected chi connectivity index (χ2v) is 5.12. The molecular formula is C10H6I2N2O. The van der Waals surface area contributed by atoms with Crippen LogP contribution in [0.3, 0.4) is 0 Å². The fourth-order valence-corrected chi connectivity index (χ4v) is 1.76. The fraction of sp³-hybridized carbons (Fsp3) is 0. The lowest BCUT2D eigenvalue weighted by atomic mass is 10.3. The van der Waals surface area contributed by atoms with Gasteiger partial charge >= 0.3 is 6.01 Å². The normalized spacial score (nSPS) is 10.0. The molecule has 1 heterocycles. The monoisotopic (exact) mass is 424 g/mol. The van der Waals surface area contributed by atoms with E-state index >= 15 is 0 Å². The molecule has 0 spiro atoms. The van der Waals surface area contributed by atoms with Gasteiger partial charge in [0.05, 0.1) is 3.57 Å². The number of halogens is 2. The Hall–Kier alpha value is -0.440. The third-order valence-corrected chi connectivity index (χ3v) is 3.08. The lowest BCUT2D eigenvalue weighted by Gasteiger charge is -2.04. The molecule has 0 aliphatic rings. The highest BCUT2D eigenvalue weighted by atomic mass is 127. The molecule has 0 aliphatic heterocycles. The van der Waals surface area contributed by atoms with Gasteiger partial charge < -0.3 is 4.74 Å². The number of nitrogens with zero attached hydrogens (tertiary/aromatic N) is 2. The van der Waals surface area contributed by atoms with Crippen molar-refractivity contribution < 1.29 is 4.74 Å². The Bertz CT molecular complexity index is 459. The molecule has 0 unspecified atom stereocenters. The summed E-state index contributed by atoms with van der Waals surface area (Å²) >= 11 is 4.36. The molecule has 0 aliphatic carbocycles. The van der Waals surface area contributed by atoms with Crippen molar-refractivity contribution in [2.24, 2.45) is 0 Å². The van der Waals surface area contributed by atoms with Gasteiger partial charge in [-0.3, -0.25) is 0 Å². The Morgan fingerprint density at radius 1 is 1.00 bits per heavy atom. The number of benzene rings is 1. The average Bonchev–Trinajstić information content (AvgIpc) is 2.25. The van der Waals surface area contributed by atoms with Crippen LogP contribution < -0.4 is 4.74 Å². The molecule has 1 aromatic carbocycles. The van der Waals surface area contributed by atoms with Gasteiger partial charge in [0.25, 0.3) is 0 Å². The summed E-state index contributed by atoms with van der Waals surface area (Å²) in [5, 5.41) is 0. The minimum atomic E-state index is 0.375. The topological polar surface area (TPSA) is 35.0 Å². The van der Waals surface area contributed by atoms with E-state index in [-0.39, 0.29) is 0 Å². The van der Waals surface area contributed by atoms with Gasteiger partial charge in [0.2, 0.25) is 0 Å². The van der Waals surface area contributed by atoms with E-state index in [1.807, 2.05) is 24.3 Å². The lowest BCUT2D eigenvalue weighted by Crippen LogP contribution is -1.93. The van der Waals surface area contributed by atoms with Crippen molar-refractivity contribution in [1.82, 2.24) is 9.97 Å². The first-order valence-corrected chi connectivity index (χ1v) is 6.31. The van der Waals surface area contributed by atoms with Crippen LogP contribution in [0.5, 0.6) is 11.8 Å². The van der Waals surface area contributed by atoms with Crippen LogP contribution in [0.25, 0.3) is 0 Å². The third kappa shape index (κ3) is 3.00. The standard InChI is InChI=1S/C10H6I2N2O/c11-7-5-13-10(14-6-7)15-9-4-2-1-3-8(9)12/h1-6H. The number of para-hydroxylation sites is 1. The number of hydrogen-bond donors (Lipinski definition) is 0. The third-order valence-electron chi connectivity index (χ3n) is 1.63. The maximum atomic E-state index is 5.53. The van der Waals surface area contributed by atoms with Crippen molar-refractivity contribution >= 4 is 45.2 Å². The molecule has 15 heavy (non-hydrogen) atoms. The highest BCUT2D eigenvalue weighted by Crippen LogP contribution is 2.23. The van der Waals surface area contributed by atoms with Gasteiger partial charge in [-0.15, -0.1) is 0 Å². The molecular weight excluding hydrogens is 418 g/mol. The molecule has 0 saturated carbocycles. The Labute approximate surface area is 115 Å². The summed E-state index contributed by atoms with van der Waals surface area (Å²) in [6.45, 7) is 0. The quantitative estimate of drug-likeness (QED) is 0.693. The zero-order chi connectivity index (χ0) is 10.7. The van der Waals surface area contributed by atoms with E-state index in [4.69, 9.17) is 4.74 Å². The van der Waals surface area contributed by atoms with Crippen LogP contribution in [0, 0.1) is 7.14 Å². The molecule has 0 radical (unpaired) electrons. The van der Waals surface area contributed by atoms with Crippen molar-refractivity contribution in [2.75, 3.05) is 0 Å². The van der Waals surface area contributed by atoms with E-state index in [0.717, 1.165) is 12.9 Å². The van der Waals surface area contributed by atoms with Gasteiger partial charge in [0.15, 0.2) is 0 Å². The minimum absolute atomic E-state index is 0.375. The van der Waals surface area contributed by atoms with Crippen molar-refractivity contribution in [3.63, 3.8) is 0 Å². The number of aromatic nitrogens is 2. The zero-order valence-electron chi connectivity index (χ0n) is 7.52. The van der Waals surface area contributed by atoms with Gasteiger partial charge in [-0.1, -0.05) is 12.1 Å². The Morgan fingerprint density at radius 2 is 1.67 bits per heavy atom. The summed E-state index contributed by atoms with van der Waals surface area (Å²) in [5.74, 6) is 0.777. The Kier molecular flexibility index (Phi) is 3.73. The van der Waals surface area contributed by atoms with E-state index in [1.54, 1.807) is 12.4 Å². The molecule has 0 amide bonds. The molecule has 0 bridgehead atoms. The van der Waals surface area contributed by atoms with Crippen LogP contribution in [0.2, 0.25) is 0 Å². The van der Waals surface area contributed by atoms with Crippen LogP contribution in [-0.2, 0) is 0 Å². The summed E-state index contributed by atoms with van der Waals surface area (Å²) in [7, 11) is 0. The largest absolute Gasteiger partial charge is 0.423 e. The predicted octanol–water partition coefficient (Wildman–Crippen LogP) is 3.48. The molecule has 0 fully saturated rings. The smallest absolute Gasteiger partial charge is 0.321 e. The van der Waals surface area contributed by atoms with Crippen molar-refractivity contribution in [3.8, 4) is 11.8 Å². The lowest BCUT2D eigenvalue weighted by molar-refractivity contribution is 0.438. The number of hydrogen-bond acceptors (Lipinski definition) is 3. The van der Waals surface area contributed by atoms with Gasteiger partial charge in [-0.2, -0.15) is 0 Å². The van der Waals surface area contributed by atoms with Gasteiger partial charge in [0, 0.05) is 16.0 Å². The Balaban J connectivity index is 2.22. The second kappa shape index (κ2) is 5.06. The van der Waals surface area contributed by atoms with E-state index in [0.29, 0.717) is 6.01 Å². The molecule has 3 nitrogen and oxygen atoms in total. The van der Waals surface area contributed by atoms with Crippen molar-refractivity contribution in [3.05, 3.63) is 43.8 Å². The summed E-state index contributed by atoms with van der Waals surface area (Å²) < 4.78 is 7.56. The first-order valence-electron chi connectivity index (χ1n) is 4.15. The van der Waals surface area contributed by atoms with Gasteiger partial charge in [0.1, 0.15) is 5.75 Å². The SMILES string of the molecule is Ic1cnc(Oc2ccccc2I)nc1. The summed E-state index contributed by atoms with van der Waals surface area (Å²) in [4.78, 5) is 8.14. The maximum Gasteiger partial charge on any atom is 0.321 e. The average molecular weight is 424 g/mol. The zero-order valence-corrected chi connectivity index (χ0v) is 11.8. The molecule has 1 aromatic heterocycles. The van der Waals surface area contributed by atoms with E-state index in [1.165, 1.54) is 0 Å². The first-order chi connectivity index (χ1) is 7.25.